The molecule has 0 saturated heterocycles. The molecule has 0 bridgehead atoms. The average molecular weight is 1150 g/mol. The van der Waals surface area contributed by atoms with E-state index in [4.69, 9.17) is 11.6 Å². The summed E-state index contributed by atoms with van der Waals surface area (Å²) < 4.78 is 35.5. The first-order valence-electron chi connectivity index (χ1n) is 31.5. The molecule has 2 aliphatic rings. The van der Waals surface area contributed by atoms with E-state index in [2.05, 4.69) is 301 Å². The van der Waals surface area contributed by atoms with Crippen LogP contribution in [-0.4, -0.2) is 11.3 Å². The van der Waals surface area contributed by atoms with Crippen molar-refractivity contribution in [3.05, 3.63) is 264 Å². The fourth-order valence-corrected chi connectivity index (χ4v) is 14.9. The van der Waals surface area contributed by atoms with Gasteiger partial charge in [0.1, 0.15) is 0 Å². The molecular formula is C80H67BClN3S. The first-order chi connectivity index (χ1) is 42.8. The summed E-state index contributed by atoms with van der Waals surface area (Å²) in [5, 5.41) is 3.41. The second-order valence-corrected chi connectivity index (χ2v) is 27.9. The summed E-state index contributed by atoms with van der Waals surface area (Å²) in [6.45, 7) is 20.0. The zero-order valence-electron chi connectivity index (χ0n) is 53.1. The van der Waals surface area contributed by atoms with Crippen LogP contribution in [0.2, 0.25) is 5.02 Å². The maximum absolute atomic E-state index is 10.6. The number of halogens is 1. The molecule has 2 aliphatic heterocycles. The van der Waals surface area contributed by atoms with Crippen molar-refractivity contribution < 1.29 is 4.11 Å². The van der Waals surface area contributed by atoms with Gasteiger partial charge in [0.15, 0.2) is 0 Å². The Morgan fingerprint density at radius 1 is 0.407 bits per heavy atom. The molecular weight excluding hydrogens is 1080 g/mol. The van der Waals surface area contributed by atoms with E-state index in [-0.39, 0.29) is 34.0 Å². The van der Waals surface area contributed by atoms with Gasteiger partial charge in [-0.05, 0) is 145 Å². The average Bonchev–Trinajstić information content (AvgIpc) is 1.65. The Morgan fingerprint density at radius 3 is 1.27 bits per heavy atom. The highest BCUT2D eigenvalue weighted by Crippen LogP contribution is 2.57. The van der Waals surface area contributed by atoms with Gasteiger partial charge in [0, 0.05) is 75.7 Å². The molecule has 418 valence electrons. The molecule has 0 fully saturated rings. The first-order valence-corrected chi connectivity index (χ1v) is 31.2. The van der Waals surface area contributed by atoms with Gasteiger partial charge in [-0.25, -0.2) is 0 Å². The predicted molar refractivity (Wildman–Crippen MR) is 373 cm³/mol. The monoisotopic (exact) mass is 1150 g/mol. The summed E-state index contributed by atoms with van der Waals surface area (Å²) in [6.07, 6.45) is 0. The lowest BCUT2D eigenvalue weighted by Gasteiger charge is -2.46. The topological polar surface area (TPSA) is 11.4 Å². The largest absolute Gasteiger partial charge is 0.310 e. The van der Waals surface area contributed by atoms with Crippen LogP contribution in [0.1, 0.15) is 83.1 Å². The molecule has 0 radical (unpaired) electrons. The van der Waals surface area contributed by atoms with Crippen LogP contribution < -0.4 is 25.5 Å². The van der Waals surface area contributed by atoms with Crippen LogP contribution in [0.4, 0.5) is 34.1 Å². The molecule has 0 aliphatic carbocycles. The summed E-state index contributed by atoms with van der Waals surface area (Å²) in [5.74, 6) is 0. The van der Waals surface area contributed by atoms with Gasteiger partial charge in [-0.1, -0.05) is 238 Å². The minimum atomic E-state index is -0.609. The highest BCUT2D eigenvalue weighted by molar-refractivity contribution is 7.33. The molecule has 0 saturated carbocycles. The fourth-order valence-electron chi connectivity index (χ4n) is 13.4. The lowest BCUT2D eigenvalue weighted by Crippen LogP contribution is -2.60. The Bertz CT molecular complexity index is 4840. The van der Waals surface area contributed by atoms with Gasteiger partial charge >= 0.3 is 0 Å². The molecule has 11 aromatic carbocycles. The third-order valence-electron chi connectivity index (χ3n) is 17.8. The molecule has 0 unspecified atom stereocenters. The van der Waals surface area contributed by atoms with Crippen LogP contribution in [0.25, 0.3) is 82.1 Å². The van der Waals surface area contributed by atoms with Crippen molar-refractivity contribution in [1.29, 1.82) is 0 Å². The first kappa shape index (κ1) is 50.5. The fraction of sp³-hybridized carbons (Fsp3) is 0.150. The lowest BCUT2D eigenvalue weighted by molar-refractivity contribution is 0.590. The molecule has 3 nitrogen and oxygen atoms in total. The third kappa shape index (κ3) is 8.76. The zero-order valence-corrected chi connectivity index (χ0v) is 51.6. The Morgan fingerprint density at radius 2 is 0.814 bits per heavy atom. The summed E-state index contributed by atoms with van der Waals surface area (Å²) in [7, 11) is 0. The van der Waals surface area contributed by atoms with E-state index in [1.165, 1.54) is 16.3 Å². The van der Waals surface area contributed by atoms with Crippen LogP contribution in [0.3, 0.4) is 0 Å². The van der Waals surface area contributed by atoms with Gasteiger partial charge in [-0.15, -0.1) is 11.3 Å². The summed E-state index contributed by atoms with van der Waals surface area (Å²) >= 11 is 9.18. The number of hydrogen-bond acceptors (Lipinski definition) is 3. The summed E-state index contributed by atoms with van der Waals surface area (Å²) in [5.41, 5.74) is 21.2. The number of thiophene rings is 1. The number of rotatable bonds is 7. The minimum Gasteiger partial charge on any atom is -0.310 e. The van der Waals surface area contributed by atoms with Gasteiger partial charge in [0.2, 0.25) is 0 Å². The Labute approximate surface area is 519 Å². The molecule has 13 aromatic rings. The van der Waals surface area contributed by atoms with E-state index >= 15 is 0 Å². The molecule has 0 spiro atoms. The van der Waals surface area contributed by atoms with Crippen molar-refractivity contribution in [2.45, 2.75) is 78.6 Å². The van der Waals surface area contributed by atoms with Crippen LogP contribution in [0, 0.1) is 0 Å². The van der Waals surface area contributed by atoms with Crippen molar-refractivity contribution in [2.24, 2.45) is 0 Å². The van der Waals surface area contributed by atoms with Crippen molar-refractivity contribution in [3.63, 3.8) is 0 Å². The molecule has 0 amide bonds. The summed E-state index contributed by atoms with van der Waals surface area (Å²) in [6, 6.07) is 81.6. The maximum atomic E-state index is 10.6. The molecule has 6 heteroatoms. The molecule has 4 heterocycles. The Kier molecular flexibility index (Phi) is 11.8. The van der Waals surface area contributed by atoms with Crippen LogP contribution in [-0.2, 0) is 16.2 Å². The van der Waals surface area contributed by atoms with Crippen LogP contribution >= 0.6 is 22.9 Å². The minimum absolute atomic E-state index is 0.00800. The van der Waals surface area contributed by atoms with Crippen LogP contribution in [0.5, 0.6) is 0 Å². The van der Waals surface area contributed by atoms with Crippen molar-refractivity contribution >= 4 is 111 Å². The third-order valence-corrected chi connectivity index (χ3v) is 19.2. The highest BCUT2D eigenvalue weighted by atomic mass is 35.5. The maximum Gasteiger partial charge on any atom is 0.264 e. The number of aromatic nitrogens is 1. The number of para-hydroxylation sites is 2. The number of anilines is 6. The van der Waals surface area contributed by atoms with Gasteiger partial charge in [-0.2, -0.15) is 0 Å². The standard InChI is InChI=1S/C80H67BClN3S/c1-78(2,3)54-42-62(50-26-14-10-15-27-50)74(63(43-54)51-28-16-11-17-29-51)84-69-48-57(82)38-41-66(69)81-73-70(84)46-56(80(7,8)9)47-71(73)85(75-64(52-30-18-12-19-31-52)44-55(79(4,5)6)45-65(75)53-32-20-13-21-33-53)76-61-40-39-58(49-72(61)86-77(76)81)83-67-36-24-22-34-59(67)60-35-23-25-37-68(60)83/h10-49H,1-9H3/i38D,41D,48D. The predicted octanol–water partition coefficient (Wildman–Crippen LogP) is 21.3. The van der Waals surface area contributed by atoms with Gasteiger partial charge in [-0.3, -0.25) is 0 Å². The number of benzene rings is 11. The Balaban J connectivity index is 1.16. The zero-order chi connectivity index (χ0) is 61.6. The second kappa shape index (κ2) is 20.1. The number of hydrogen-bond donors (Lipinski definition) is 0. The van der Waals surface area contributed by atoms with Crippen molar-refractivity contribution in [1.82, 2.24) is 4.57 Å². The van der Waals surface area contributed by atoms with E-state index in [1.54, 1.807) is 11.3 Å². The van der Waals surface area contributed by atoms with Crippen molar-refractivity contribution in [3.8, 4) is 50.2 Å². The number of fused-ring (bicyclic) bond motifs is 9. The van der Waals surface area contributed by atoms with Gasteiger partial charge < -0.3 is 14.4 Å². The molecule has 15 rings (SSSR count). The van der Waals surface area contributed by atoms with E-state index in [1.807, 2.05) is 0 Å². The summed E-state index contributed by atoms with van der Waals surface area (Å²) in [4.78, 5) is 4.90. The van der Waals surface area contributed by atoms with E-state index in [0.717, 1.165) is 121 Å². The van der Waals surface area contributed by atoms with E-state index < -0.39 is 12.1 Å². The normalized spacial score (nSPS) is 13.7. The molecule has 0 N–H and O–H groups in total. The smallest absolute Gasteiger partial charge is 0.264 e. The molecule has 2 aromatic heterocycles. The van der Waals surface area contributed by atoms with Crippen LogP contribution in [0.15, 0.2) is 243 Å². The highest BCUT2D eigenvalue weighted by Gasteiger charge is 2.48. The van der Waals surface area contributed by atoms with Gasteiger partial charge in [0.25, 0.3) is 6.71 Å². The quantitative estimate of drug-likeness (QED) is 0.147. The molecule has 0 atom stereocenters. The van der Waals surface area contributed by atoms with E-state index in [0.29, 0.717) is 11.2 Å². The van der Waals surface area contributed by atoms with E-state index in [9.17, 15) is 4.11 Å². The van der Waals surface area contributed by atoms with Gasteiger partial charge in [0.05, 0.1) is 32.2 Å². The Hall–Kier alpha value is -8.87. The second-order valence-electron chi connectivity index (χ2n) is 26.4. The van der Waals surface area contributed by atoms with Crippen molar-refractivity contribution in [2.75, 3.05) is 9.80 Å². The lowest BCUT2D eigenvalue weighted by atomic mass is 9.36. The number of nitrogens with zero attached hydrogens (tertiary/aromatic N) is 3. The molecule has 86 heavy (non-hydrogen) atoms. The SMILES string of the molecule is [2H]c1c([2H])c2c(c([2H])c1Cl)N(c1c(-c3ccccc3)cc(C(C)(C)C)cc1-c1ccccc1)c1cc(C(C)(C)C)cc3c1B2c1sc2cc(-n4c5ccccc5c5ccccc54)ccc2c1N3c1c(-c2ccccc2)cc(C(C)(C)C)cc1-c1ccccc1.